The molecule has 8 nitrogen and oxygen atoms in total. The maximum Gasteiger partial charge on any atom is 0.338 e. The number of hydrogen-bond donors (Lipinski definition) is 2. The highest BCUT2D eigenvalue weighted by Gasteiger charge is 2.15. The van der Waals surface area contributed by atoms with Crippen LogP contribution in [0.25, 0.3) is 0 Å². The van der Waals surface area contributed by atoms with Gasteiger partial charge in [0, 0.05) is 5.69 Å². The number of benzene rings is 3. The molecule has 2 N–H and O–H groups in total. The van der Waals surface area contributed by atoms with E-state index in [-0.39, 0.29) is 22.4 Å². The van der Waals surface area contributed by atoms with Crippen molar-refractivity contribution in [3.8, 4) is 0 Å². The van der Waals surface area contributed by atoms with Crippen molar-refractivity contribution >= 4 is 35.1 Å². The minimum atomic E-state index is -0.730. The molecule has 3 rings (SSSR count). The van der Waals surface area contributed by atoms with Gasteiger partial charge in [0.15, 0.2) is 6.61 Å². The number of amides is 2. The van der Waals surface area contributed by atoms with Gasteiger partial charge in [0.05, 0.1) is 29.5 Å². The third kappa shape index (κ3) is 5.79. The molecule has 0 spiro atoms. The van der Waals surface area contributed by atoms with Crippen molar-refractivity contribution in [3.63, 3.8) is 0 Å². The van der Waals surface area contributed by atoms with Crippen molar-refractivity contribution in [1.29, 1.82) is 0 Å². The highest BCUT2D eigenvalue weighted by molar-refractivity contribution is 6.10. The first-order chi connectivity index (χ1) is 15.5. The van der Waals surface area contributed by atoms with Gasteiger partial charge in [-0.15, -0.1) is 0 Å². The Bertz CT molecular complexity index is 1130. The molecular weight excluding hydrogens is 412 g/mol. The maximum absolute atomic E-state index is 12.6. The Morgan fingerprint density at radius 1 is 0.719 bits per heavy atom. The largest absolute Gasteiger partial charge is 0.465 e. The van der Waals surface area contributed by atoms with Crippen molar-refractivity contribution in [2.24, 2.45) is 0 Å². The van der Waals surface area contributed by atoms with E-state index in [4.69, 9.17) is 4.74 Å². The van der Waals surface area contributed by atoms with Gasteiger partial charge in [-0.2, -0.15) is 0 Å². The van der Waals surface area contributed by atoms with Crippen LogP contribution < -0.4 is 10.6 Å². The third-order valence-corrected chi connectivity index (χ3v) is 4.35. The number of carbonyl (C=O) groups is 4. The number of anilines is 2. The number of hydrogen-bond acceptors (Lipinski definition) is 6. The second-order valence-corrected chi connectivity index (χ2v) is 6.56. The lowest BCUT2D eigenvalue weighted by atomic mass is 10.1. The Morgan fingerprint density at radius 2 is 1.31 bits per heavy atom. The van der Waals surface area contributed by atoms with E-state index in [0.29, 0.717) is 5.69 Å². The summed E-state index contributed by atoms with van der Waals surface area (Å²) in [5.74, 6) is -2.26. The highest BCUT2D eigenvalue weighted by atomic mass is 16.5. The molecule has 3 aromatic rings. The molecule has 0 atom stereocenters. The molecule has 0 aliphatic heterocycles. The molecule has 2 amide bonds. The predicted molar refractivity (Wildman–Crippen MR) is 118 cm³/mol. The van der Waals surface area contributed by atoms with Gasteiger partial charge < -0.3 is 20.1 Å². The summed E-state index contributed by atoms with van der Waals surface area (Å²) in [5.41, 5.74) is 1.62. The molecule has 0 fully saturated rings. The summed E-state index contributed by atoms with van der Waals surface area (Å²) in [5, 5.41) is 5.33. The molecule has 0 saturated carbocycles. The van der Waals surface area contributed by atoms with Crippen LogP contribution in [0.4, 0.5) is 11.4 Å². The van der Waals surface area contributed by atoms with Crippen LogP contribution in [-0.2, 0) is 14.3 Å². The van der Waals surface area contributed by atoms with E-state index >= 15 is 0 Å². The van der Waals surface area contributed by atoms with Crippen molar-refractivity contribution < 1.29 is 28.7 Å². The van der Waals surface area contributed by atoms with Crippen molar-refractivity contribution in [2.75, 3.05) is 24.4 Å². The van der Waals surface area contributed by atoms with Gasteiger partial charge in [-0.1, -0.05) is 30.3 Å². The Morgan fingerprint density at radius 3 is 1.97 bits per heavy atom. The zero-order chi connectivity index (χ0) is 22.9. The lowest BCUT2D eigenvalue weighted by molar-refractivity contribution is -0.119. The van der Waals surface area contributed by atoms with Crippen LogP contribution in [0.5, 0.6) is 0 Å². The van der Waals surface area contributed by atoms with Crippen LogP contribution in [0, 0.1) is 0 Å². The van der Waals surface area contributed by atoms with Gasteiger partial charge in [0.1, 0.15) is 0 Å². The van der Waals surface area contributed by atoms with Crippen molar-refractivity contribution in [2.45, 2.75) is 0 Å². The van der Waals surface area contributed by atoms with Crippen LogP contribution in [0.2, 0.25) is 0 Å². The van der Waals surface area contributed by atoms with Crippen LogP contribution in [-0.4, -0.2) is 37.5 Å². The normalized spacial score (nSPS) is 10.0. The summed E-state index contributed by atoms with van der Waals surface area (Å²) in [4.78, 5) is 48.5. The number of para-hydroxylation sites is 2. The second kappa shape index (κ2) is 10.5. The van der Waals surface area contributed by atoms with Crippen LogP contribution in [0.3, 0.4) is 0 Å². The first-order valence-electron chi connectivity index (χ1n) is 9.58. The third-order valence-electron chi connectivity index (χ3n) is 4.35. The highest BCUT2D eigenvalue weighted by Crippen LogP contribution is 2.17. The van der Waals surface area contributed by atoms with E-state index in [2.05, 4.69) is 15.4 Å². The molecule has 32 heavy (non-hydrogen) atoms. The van der Waals surface area contributed by atoms with E-state index in [0.717, 1.165) is 0 Å². The molecule has 0 heterocycles. The number of nitrogens with one attached hydrogen (secondary N) is 2. The van der Waals surface area contributed by atoms with Crippen LogP contribution in [0.15, 0.2) is 78.9 Å². The fourth-order valence-corrected chi connectivity index (χ4v) is 2.77. The lowest BCUT2D eigenvalue weighted by Crippen LogP contribution is -2.23. The Balaban J connectivity index is 1.59. The number of esters is 2. The fourth-order valence-electron chi connectivity index (χ4n) is 2.77. The minimum absolute atomic E-state index is 0.174. The van der Waals surface area contributed by atoms with E-state index in [1.54, 1.807) is 48.5 Å². The quantitative estimate of drug-likeness (QED) is 0.553. The zero-order valence-electron chi connectivity index (χ0n) is 17.2. The number of carbonyl (C=O) groups excluding carboxylic acids is 4. The minimum Gasteiger partial charge on any atom is -0.465 e. The topological polar surface area (TPSA) is 111 Å². The molecule has 0 radical (unpaired) electrons. The Hall–Kier alpha value is -4.46. The van der Waals surface area contributed by atoms with Gasteiger partial charge in [0.2, 0.25) is 0 Å². The monoisotopic (exact) mass is 432 g/mol. The standard InChI is InChI=1S/C24H20N2O6/c1-31-23(29)16-11-13-17(14-12-16)24(30)32-15-21(27)26-20-10-6-5-9-19(20)22(28)25-18-7-3-2-4-8-18/h2-14H,15H2,1H3,(H,25,28)(H,26,27). The van der Waals surface area contributed by atoms with Gasteiger partial charge >= 0.3 is 11.9 Å². The van der Waals surface area contributed by atoms with E-state index < -0.39 is 30.4 Å². The summed E-state index contributed by atoms with van der Waals surface area (Å²) in [6.45, 7) is -0.549. The summed E-state index contributed by atoms with van der Waals surface area (Å²) in [6, 6.07) is 21.0. The summed E-state index contributed by atoms with van der Waals surface area (Å²) in [6.07, 6.45) is 0. The van der Waals surface area contributed by atoms with E-state index in [1.165, 1.54) is 31.4 Å². The smallest absolute Gasteiger partial charge is 0.338 e. The molecular formula is C24H20N2O6. The second-order valence-electron chi connectivity index (χ2n) is 6.56. The summed E-state index contributed by atoms with van der Waals surface area (Å²) >= 11 is 0. The summed E-state index contributed by atoms with van der Waals surface area (Å²) < 4.78 is 9.61. The zero-order valence-corrected chi connectivity index (χ0v) is 17.2. The van der Waals surface area contributed by atoms with Gasteiger partial charge in [-0.05, 0) is 48.5 Å². The molecule has 0 unspecified atom stereocenters. The molecule has 0 aliphatic carbocycles. The average molecular weight is 432 g/mol. The van der Waals surface area contributed by atoms with Crippen molar-refractivity contribution in [3.05, 3.63) is 95.6 Å². The molecule has 0 aliphatic rings. The van der Waals surface area contributed by atoms with Gasteiger partial charge in [-0.3, -0.25) is 9.59 Å². The van der Waals surface area contributed by atoms with E-state index in [9.17, 15) is 19.2 Å². The lowest BCUT2D eigenvalue weighted by Gasteiger charge is -2.12. The van der Waals surface area contributed by atoms with Gasteiger partial charge in [0.25, 0.3) is 11.8 Å². The molecule has 0 saturated heterocycles. The van der Waals surface area contributed by atoms with Gasteiger partial charge in [-0.25, -0.2) is 9.59 Å². The van der Waals surface area contributed by atoms with Crippen LogP contribution >= 0.6 is 0 Å². The maximum atomic E-state index is 12.6. The first kappa shape index (κ1) is 22.2. The number of methoxy groups -OCH3 is 1. The molecule has 8 heteroatoms. The first-order valence-corrected chi connectivity index (χ1v) is 9.58. The molecule has 0 bridgehead atoms. The summed E-state index contributed by atoms with van der Waals surface area (Å²) in [7, 11) is 1.26. The van der Waals surface area contributed by atoms with E-state index in [1.807, 2.05) is 6.07 Å². The Kier molecular flexibility index (Phi) is 7.32. The average Bonchev–Trinajstić information content (AvgIpc) is 2.83. The Labute approximate surface area is 184 Å². The number of ether oxygens (including phenoxy) is 2. The molecule has 0 aromatic heterocycles. The molecule has 3 aromatic carbocycles. The van der Waals surface area contributed by atoms with Crippen LogP contribution in [0.1, 0.15) is 31.1 Å². The SMILES string of the molecule is COC(=O)c1ccc(C(=O)OCC(=O)Nc2ccccc2C(=O)Nc2ccccc2)cc1. The predicted octanol–water partition coefficient (Wildman–Crippen LogP) is 3.52. The molecule has 162 valence electrons. The fraction of sp³-hybridized carbons (Fsp3) is 0.0833. The van der Waals surface area contributed by atoms with Crippen molar-refractivity contribution in [1.82, 2.24) is 0 Å². The number of rotatable bonds is 7.